The Morgan fingerprint density at radius 2 is 1.90 bits per heavy atom. The summed E-state index contributed by atoms with van der Waals surface area (Å²) in [5.41, 5.74) is 1.56. The number of para-hydroxylation sites is 2. The summed E-state index contributed by atoms with van der Waals surface area (Å²) in [6, 6.07) is 15.0. The van der Waals surface area contributed by atoms with E-state index in [0.717, 1.165) is 23.3 Å². The number of carbonyl (C=O) groups is 1. The fraction of sp³-hybridized carbons (Fsp3) is 0.273. The average molecular weight is 438 g/mol. The molecule has 0 atom stereocenters. The van der Waals surface area contributed by atoms with Crippen molar-refractivity contribution in [3.63, 3.8) is 0 Å². The van der Waals surface area contributed by atoms with E-state index in [1.165, 1.54) is 11.8 Å². The number of hydrogen-bond donors (Lipinski definition) is 1. The van der Waals surface area contributed by atoms with E-state index in [1.54, 1.807) is 17.7 Å². The maximum Gasteiger partial charge on any atom is 0.262 e. The van der Waals surface area contributed by atoms with Crippen molar-refractivity contribution in [2.45, 2.75) is 31.6 Å². The summed E-state index contributed by atoms with van der Waals surface area (Å²) in [6.45, 7) is 2.94. The predicted octanol–water partition coefficient (Wildman–Crippen LogP) is 2.87. The average Bonchev–Trinajstić information content (AvgIpc) is 3.23. The lowest BCUT2D eigenvalue weighted by molar-refractivity contribution is -0.118. The van der Waals surface area contributed by atoms with E-state index in [9.17, 15) is 9.59 Å². The maximum absolute atomic E-state index is 12.9. The van der Waals surface area contributed by atoms with E-state index < -0.39 is 0 Å². The molecule has 4 rings (SSSR count). The molecule has 0 unspecified atom stereocenters. The molecule has 31 heavy (non-hydrogen) atoms. The van der Waals surface area contributed by atoms with Crippen LogP contribution in [0.4, 0.5) is 0 Å². The number of thioether (sulfide) groups is 1. The zero-order valence-electron chi connectivity index (χ0n) is 17.4. The smallest absolute Gasteiger partial charge is 0.262 e. The molecule has 4 aromatic rings. The van der Waals surface area contributed by atoms with Crippen LogP contribution < -0.4 is 15.6 Å². The van der Waals surface area contributed by atoms with Gasteiger partial charge in [-0.3, -0.25) is 18.6 Å². The highest BCUT2D eigenvalue weighted by atomic mass is 32.2. The Balaban J connectivity index is 1.56. The third kappa shape index (κ3) is 4.13. The van der Waals surface area contributed by atoms with E-state index in [4.69, 9.17) is 4.74 Å². The Morgan fingerprint density at radius 1 is 1.13 bits per heavy atom. The van der Waals surface area contributed by atoms with Crippen molar-refractivity contribution in [3.8, 4) is 5.75 Å². The van der Waals surface area contributed by atoms with Gasteiger partial charge in [-0.15, -0.1) is 10.2 Å². The van der Waals surface area contributed by atoms with Crippen LogP contribution in [-0.4, -0.2) is 37.9 Å². The van der Waals surface area contributed by atoms with Gasteiger partial charge in [-0.25, -0.2) is 0 Å². The molecule has 0 fully saturated rings. The first kappa shape index (κ1) is 20.9. The highest BCUT2D eigenvalue weighted by molar-refractivity contribution is 7.99. The van der Waals surface area contributed by atoms with Gasteiger partial charge in [0.1, 0.15) is 5.75 Å². The van der Waals surface area contributed by atoms with Gasteiger partial charge in [-0.05, 0) is 24.6 Å². The molecule has 8 nitrogen and oxygen atoms in total. The Morgan fingerprint density at radius 3 is 2.71 bits per heavy atom. The quantitative estimate of drug-likeness (QED) is 0.426. The summed E-state index contributed by atoms with van der Waals surface area (Å²) in [5.74, 6) is 1.28. The number of fused-ring (bicyclic) bond motifs is 3. The second-order valence-electron chi connectivity index (χ2n) is 6.97. The summed E-state index contributed by atoms with van der Waals surface area (Å²) in [5, 5.41) is 12.6. The van der Waals surface area contributed by atoms with Crippen LogP contribution in [-0.2, 0) is 17.9 Å². The molecule has 2 heterocycles. The highest BCUT2D eigenvalue weighted by Crippen LogP contribution is 2.22. The Bertz CT molecular complexity index is 1300. The molecule has 0 radical (unpaired) electrons. The first-order valence-electron chi connectivity index (χ1n) is 10.0. The zero-order chi connectivity index (χ0) is 21.8. The largest absolute Gasteiger partial charge is 0.496 e. The molecule has 0 bridgehead atoms. The predicted molar refractivity (Wildman–Crippen MR) is 121 cm³/mol. The number of amides is 1. The number of nitrogens with one attached hydrogen (secondary N) is 1. The summed E-state index contributed by atoms with van der Waals surface area (Å²) in [6.07, 6.45) is 0.800. The topological polar surface area (TPSA) is 90.5 Å². The maximum atomic E-state index is 12.9. The minimum Gasteiger partial charge on any atom is -0.496 e. The van der Waals surface area contributed by atoms with Gasteiger partial charge in [0.05, 0.1) is 23.8 Å². The van der Waals surface area contributed by atoms with Crippen LogP contribution in [0.3, 0.4) is 0 Å². The summed E-state index contributed by atoms with van der Waals surface area (Å²) in [7, 11) is 1.61. The lowest BCUT2D eigenvalue weighted by Gasteiger charge is -2.11. The van der Waals surface area contributed by atoms with Crippen LogP contribution in [0.25, 0.3) is 16.7 Å². The van der Waals surface area contributed by atoms with Gasteiger partial charge < -0.3 is 10.1 Å². The van der Waals surface area contributed by atoms with Gasteiger partial charge in [0.15, 0.2) is 5.16 Å². The number of aromatic nitrogens is 4. The van der Waals surface area contributed by atoms with Crippen LogP contribution in [0.2, 0.25) is 0 Å². The molecular weight excluding hydrogens is 414 g/mol. The number of hydrogen-bond acceptors (Lipinski definition) is 6. The monoisotopic (exact) mass is 437 g/mol. The standard InChI is InChI=1S/C22H23N5O3S/c1-3-12-26-20(29)16-9-5-6-10-17(16)27-21(26)24-25-22(27)31-14-19(28)23-13-15-8-4-7-11-18(15)30-2/h4-11H,3,12-14H2,1-2H3,(H,23,28). The van der Waals surface area contributed by atoms with Crippen molar-refractivity contribution in [1.29, 1.82) is 0 Å². The van der Waals surface area contributed by atoms with Gasteiger partial charge in [0.25, 0.3) is 5.56 Å². The molecule has 2 aromatic heterocycles. The number of aryl methyl sites for hydroxylation is 1. The molecule has 0 saturated heterocycles. The lowest BCUT2D eigenvalue weighted by Crippen LogP contribution is -2.25. The summed E-state index contributed by atoms with van der Waals surface area (Å²) in [4.78, 5) is 25.3. The molecule has 0 spiro atoms. The third-order valence-electron chi connectivity index (χ3n) is 4.93. The second-order valence-corrected chi connectivity index (χ2v) is 7.91. The molecule has 1 N–H and O–H groups in total. The third-order valence-corrected chi connectivity index (χ3v) is 5.86. The van der Waals surface area contributed by atoms with Crippen molar-refractivity contribution in [3.05, 3.63) is 64.4 Å². The summed E-state index contributed by atoms with van der Waals surface area (Å²) < 4.78 is 8.81. The SMILES string of the molecule is CCCn1c(=O)c2ccccc2n2c(SCC(=O)NCc3ccccc3OC)nnc12. The van der Waals surface area contributed by atoms with Crippen LogP contribution in [0.5, 0.6) is 5.75 Å². The fourth-order valence-corrected chi connectivity index (χ4v) is 4.25. The Hall–Kier alpha value is -3.33. The van der Waals surface area contributed by atoms with Crippen LogP contribution in [0.15, 0.2) is 58.5 Å². The number of carbonyl (C=O) groups excluding carboxylic acids is 1. The Labute approximate surface area is 183 Å². The van der Waals surface area contributed by atoms with Gasteiger partial charge in [-0.1, -0.05) is 49.0 Å². The number of nitrogens with zero attached hydrogens (tertiary/aromatic N) is 4. The number of ether oxygens (including phenoxy) is 1. The molecule has 0 aliphatic heterocycles. The van der Waals surface area contributed by atoms with E-state index >= 15 is 0 Å². The van der Waals surface area contributed by atoms with E-state index in [1.807, 2.05) is 53.8 Å². The normalized spacial score (nSPS) is 11.2. The molecule has 0 aliphatic carbocycles. The van der Waals surface area contributed by atoms with E-state index in [2.05, 4.69) is 15.5 Å². The molecule has 9 heteroatoms. The van der Waals surface area contributed by atoms with Crippen LogP contribution >= 0.6 is 11.8 Å². The lowest BCUT2D eigenvalue weighted by atomic mass is 10.2. The minimum atomic E-state index is -0.126. The first-order valence-corrected chi connectivity index (χ1v) is 11.0. The second kappa shape index (κ2) is 9.22. The van der Waals surface area contributed by atoms with Crippen LogP contribution in [0, 0.1) is 0 Å². The highest BCUT2D eigenvalue weighted by Gasteiger charge is 2.17. The van der Waals surface area contributed by atoms with Crippen molar-refractivity contribution < 1.29 is 9.53 Å². The van der Waals surface area contributed by atoms with Crippen molar-refractivity contribution >= 4 is 34.3 Å². The van der Waals surface area contributed by atoms with Crippen LogP contribution in [0.1, 0.15) is 18.9 Å². The number of methoxy groups -OCH3 is 1. The molecule has 0 saturated carbocycles. The van der Waals surface area contributed by atoms with Gasteiger partial charge in [0.2, 0.25) is 11.7 Å². The zero-order valence-corrected chi connectivity index (χ0v) is 18.2. The molecular formula is C22H23N5O3S. The number of benzene rings is 2. The molecule has 160 valence electrons. The van der Waals surface area contributed by atoms with Gasteiger partial charge >= 0.3 is 0 Å². The van der Waals surface area contributed by atoms with E-state index in [-0.39, 0.29) is 17.2 Å². The molecule has 2 aromatic carbocycles. The first-order chi connectivity index (χ1) is 15.1. The number of rotatable bonds is 8. The van der Waals surface area contributed by atoms with Gasteiger partial charge in [-0.2, -0.15) is 0 Å². The van der Waals surface area contributed by atoms with Crippen molar-refractivity contribution in [2.75, 3.05) is 12.9 Å². The summed E-state index contributed by atoms with van der Waals surface area (Å²) >= 11 is 1.29. The fourth-order valence-electron chi connectivity index (χ4n) is 3.48. The van der Waals surface area contributed by atoms with Crippen molar-refractivity contribution in [1.82, 2.24) is 24.5 Å². The molecule has 1 amide bonds. The van der Waals surface area contributed by atoms with Gasteiger partial charge in [0, 0.05) is 18.7 Å². The molecule has 0 aliphatic rings. The van der Waals surface area contributed by atoms with E-state index in [0.29, 0.717) is 29.4 Å². The van der Waals surface area contributed by atoms with Crippen molar-refractivity contribution in [2.24, 2.45) is 0 Å². The Kier molecular flexibility index (Phi) is 6.22. The minimum absolute atomic E-state index is 0.0801.